The number of nitrogens with one attached hydrogen (secondary N) is 1. The molecule has 45 heavy (non-hydrogen) atoms. The number of halogens is 2. The summed E-state index contributed by atoms with van der Waals surface area (Å²) in [6.45, 7) is 4.84. The van der Waals surface area contributed by atoms with Crippen molar-refractivity contribution < 1.29 is 22.7 Å². The van der Waals surface area contributed by atoms with Crippen LogP contribution in [0.1, 0.15) is 62.1 Å². The van der Waals surface area contributed by atoms with Crippen molar-refractivity contribution in [3.05, 3.63) is 87.4 Å². The highest BCUT2D eigenvalue weighted by Crippen LogP contribution is 2.34. The van der Waals surface area contributed by atoms with Crippen LogP contribution in [-0.2, 0) is 26.2 Å². The summed E-state index contributed by atoms with van der Waals surface area (Å²) in [5.41, 5.74) is 2.35. The fourth-order valence-electron chi connectivity index (χ4n) is 5.66. The highest BCUT2D eigenvalue weighted by molar-refractivity contribution is 7.92. The van der Waals surface area contributed by atoms with Gasteiger partial charge in [-0.05, 0) is 75.1 Å². The first-order valence-electron chi connectivity index (χ1n) is 15.2. The molecule has 1 saturated carbocycles. The molecule has 1 fully saturated rings. The van der Waals surface area contributed by atoms with Crippen LogP contribution in [-0.4, -0.2) is 50.9 Å². The third-order valence-electron chi connectivity index (χ3n) is 8.22. The van der Waals surface area contributed by atoms with Crippen molar-refractivity contribution in [3.8, 4) is 5.75 Å². The molecule has 3 aromatic rings. The Balaban J connectivity index is 1.79. The lowest BCUT2D eigenvalue weighted by Gasteiger charge is -2.35. The van der Waals surface area contributed by atoms with Gasteiger partial charge in [-0.15, -0.1) is 0 Å². The summed E-state index contributed by atoms with van der Waals surface area (Å²) >= 11 is 13.1. The maximum Gasteiger partial charge on any atom is 0.264 e. The Morgan fingerprint density at radius 1 is 0.956 bits per heavy atom. The monoisotopic (exact) mass is 673 g/mol. The van der Waals surface area contributed by atoms with Crippen LogP contribution in [0.4, 0.5) is 5.69 Å². The summed E-state index contributed by atoms with van der Waals surface area (Å²) in [4.78, 5) is 29.7. The second-order valence-electron chi connectivity index (χ2n) is 11.5. The van der Waals surface area contributed by atoms with Gasteiger partial charge in [0.15, 0.2) is 0 Å². The molecule has 0 aliphatic heterocycles. The first-order valence-corrected chi connectivity index (χ1v) is 17.4. The van der Waals surface area contributed by atoms with Crippen molar-refractivity contribution in [2.24, 2.45) is 0 Å². The minimum atomic E-state index is -4.26. The fraction of sp³-hybridized carbons (Fsp3) is 0.412. The van der Waals surface area contributed by atoms with E-state index < -0.39 is 28.5 Å². The number of ether oxygens (including phenoxy) is 1. The minimum absolute atomic E-state index is 0.0206. The topological polar surface area (TPSA) is 96.0 Å². The number of rotatable bonds is 12. The predicted octanol–water partition coefficient (Wildman–Crippen LogP) is 7.07. The van der Waals surface area contributed by atoms with E-state index in [2.05, 4.69) is 5.32 Å². The third-order valence-corrected chi connectivity index (χ3v) is 10.7. The van der Waals surface area contributed by atoms with Crippen LogP contribution < -0.4 is 14.4 Å². The molecular weight excluding hydrogens is 633 g/mol. The van der Waals surface area contributed by atoms with Gasteiger partial charge in [-0.2, -0.15) is 0 Å². The van der Waals surface area contributed by atoms with Crippen molar-refractivity contribution in [2.75, 3.05) is 18.0 Å². The number of hydrogen-bond donors (Lipinski definition) is 1. The second kappa shape index (κ2) is 15.3. The third kappa shape index (κ3) is 8.31. The quantitative estimate of drug-likeness (QED) is 0.222. The smallest absolute Gasteiger partial charge is 0.264 e. The van der Waals surface area contributed by atoms with Crippen molar-refractivity contribution in [3.63, 3.8) is 0 Å². The van der Waals surface area contributed by atoms with Gasteiger partial charge in [0.25, 0.3) is 10.0 Å². The summed E-state index contributed by atoms with van der Waals surface area (Å²) in [5, 5.41) is 3.82. The van der Waals surface area contributed by atoms with Crippen molar-refractivity contribution in [1.29, 1.82) is 0 Å². The zero-order chi connectivity index (χ0) is 32.7. The fourth-order valence-corrected chi connectivity index (χ4v) is 7.60. The van der Waals surface area contributed by atoms with E-state index in [0.717, 1.165) is 47.5 Å². The van der Waals surface area contributed by atoms with Crippen LogP contribution in [0.2, 0.25) is 10.0 Å². The molecule has 1 atom stereocenters. The molecule has 0 radical (unpaired) electrons. The molecule has 0 unspecified atom stereocenters. The Hall–Kier alpha value is -3.27. The summed E-state index contributed by atoms with van der Waals surface area (Å²) in [7, 11) is -2.81. The molecule has 0 spiro atoms. The number of carbonyl (C=O) groups is 2. The number of nitrogens with zero attached hydrogens (tertiary/aromatic N) is 2. The van der Waals surface area contributed by atoms with E-state index in [0.29, 0.717) is 22.0 Å². The van der Waals surface area contributed by atoms with Gasteiger partial charge in [0.1, 0.15) is 18.3 Å². The number of aryl methyl sites for hydroxylation is 2. The number of methoxy groups -OCH3 is 1. The number of amides is 2. The highest BCUT2D eigenvalue weighted by Gasteiger charge is 2.36. The number of hydrogen-bond acceptors (Lipinski definition) is 5. The van der Waals surface area contributed by atoms with E-state index in [-0.39, 0.29) is 34.8 Å². The number of benzene rings is 3. The van der Waals surface area contributed by atoms with Crippen LogP contribution in [0, 0.1) is 13.8 Å². The van der Waals surface area contributed by atoms with Gasteiger partial charge in [-0.3, -0.25) is 13.9 Å². The molecule has 0 aromatic heterocycles. The first-order chi connectivity index (χ1) is 21.5. The Bertz CT molecular complexity index is 1590. The van der Waals surface area contributed by atoms with Crippen molar-refractivity contribution >= 4 is 50.7 Å². The van der Waals surface area contributed by atoms with Crippen LogP contribution in [0.5, 0.6) is 5.75 Å². The lowest BCUT2D eigenvalue weighted by atomic mass is 9.95. The Labute approximate surface area is 276 Å². The molecule has 0 bridgehead atoms. The van der Waals surface area contributed by atoms with Gasteiger partial charge < -0.3 is 15.0 Å². The van der Waals surface area contributed by atoms with E-state index in [1.54, 1.807) is 48.5 Å². The van der Waals surface area contributed by atoms with E-state index in [1.807, 2.05) is 20.8 Å². The summed E-state index contributed by atoms with van der Waals surface area (Å²) in [6, 6.07) is 15.7. The molecule has 3 aromatic carbocycles. The van der Waals surface area contributed by atoms with Crippen LogP contribution >= 0.6 is 23.2 Å². The largest absolute Gasteiger partial charge is 0.495 e. The van der Waals surface area contributed by atoms with Gasteiger partial charge in [-0.25, -0.2) is 8.42 Å². The molecule has 11 heteroatoms. The maximum atomic E-state index is 14.5. The Morgan fingerprint density at radius 3 is 2.18 bits per heavy atom. The van der Waals surface area contributed by atoms with E-state index in [1.165, 1.54) is 24.1 Å². The highest BCUT2D eigenvalue weighted by atomic mass is 35.5. The molecule has 4 rings (SSSR count). The maximum absolute atomic E-state index is 14.5. The van der Waals surface area contributed by atoms with Crippen LogP contribution in [0.15, 0.2) is 65.6 Å². The predicted molar refractivity (Wildman–Crippen MR) is 180 cm³/mol. The number of anilines is 1. The molecular formula is C34H41Cl2N3O5S. The zero-order valence-electron chi connectivity index (χ0n) is 26.2. The second-order valence-corrected chi connectivity index (χ2v) is 14.2. The molecule has 0 saturated heterocycles. The minimum Gasteiger partial charge on any atom is -0.495 e. The van der Waals surface area contributed by atoms with E-state index >= 15 is 0 Å². The van der Waals surface area contributed by atoms with Gasteiger partial charge in [0.05, 0.1) is 17.7 Å². The van der Waals surface area contributed by atoms with E-state index in [9.17, 15) is 18.0 Å². The summed E-state index contributed by atoms with van der Waals surface area (Å²) < 4.78 is 35.1. The normalized spacial score (nSPS) is 14.4. The molecule has 8 nitrogen and oxygen atoms in total. The molecule has 1 aliphatic carbocycles. The first kappa shape index (κ1) is 34.6. The lowest BCUT2D eigenvalue weighted by Crippen LogP contribution is -2.54. The molecule has 242 valence electrons. The molecule has 1 N–H and O–H groups in total. The summed E-state index contributed by atoms with van der Waals surface area (Å²) in [6.07, 6.45) is 5.25. The zero-order valence-corrected chi connectivity index (χ0v) is 28.5. The average Bonchev–Trinajstić information content (AvgIpc) is 3.01. The lowest BCUT2D eigenvalue weighted by molar-refractivity contribution is -0.140. The van der Waals surface area contributed by atoms with Crippen LogP contribution in [0.25, 0.3) is 0 Å². The standard InChI is InChI=1S/C34H41Cl2N3O5S/c1-5-30(34(41)37-25-10-7-6-8-11-25)38(21-27-28(35)12-9-13-29(27)36)33(40)22-39(31-20-24(3)16-19-32(31)44-4)45(42,43)26-17-14-23(2)15-18-26/h9,12-20,25,30H,5-8,10-11,21-22H2,1-4H3,(H,37,41)/t30-/m0/s1. The average molecular weight is 675 g/mol. The summed E-state index contributed by atoms with van der Waals surface area (Å²) in [5.74, 6) is -0.593. The van der Waals surface area contributed by atoms with Gasteiger partial charge in [0, 0.05) is 28.2 Å². The molecule has 2 amide bonds. The SMILES string of the molecule is CC[C@@H](C(=O)NC1CCCCC1)N(Cc1c(Cl)cccc1Cl)C(=O)CN(c1cc(C)ccc1OC)S(=O)(=O)c1ccc(C)cc1. The van der Waals surface area contributed by atoms with Crippen molar-refractivity contribution in [2.45, 2.75) is 82.8 Å². The van der Waals surface area contributed by atoms with Gasteiger partial charge in [0.2, 0.25) is 11.8 Å². The van der Waals surface area contributed by atoms with Crippen LogP contribution in [0.3, 0.4) is 0 Å². The molecule has 1 aliphatic rings. The van der Waals surface area contributed by atoms with Gasteiger partial charge in [-0.1, -0.05) is 79.2 Å². The Kier molecular flexibility index (Phi) is 11.8. The number of sulfonamides is 1. The van der Waals surface area contributed by atoms with Crippen molar-refractivity contribution in [1.82, 2.24) is 10.2 Å². The Morgan fingerprint density at radius 2 is 1.58 bits per heavy atom. The van der Waals surface area contributed by atoms with E-state index in [4.69, 9.17) is 27.9 Å². The number of carbonyl (C=O) groups excluding carboxylic acids is 2. The molecule has 0 heterocycles. The van der Waals surface area contributed by atoms with Gasteiger partial charge >= 0.3 is 0 Å².